The fraction of sp³-hybridized carbons (Fsp3) is 0.500. The van der Waals surface area contributed by atoms with E-state index in [0.717, 1.165) is 0 Å². The molecule has 7 nitrogen and oxygen atoms in total. The summed E-state index contributed by atoms with van der Waals surface area (Å²) in [4.78, 5) is 15.5. The lowest BCUT2D eigenvalue weighted by Gasteiger charge is -2.26. The zero-order valence-electron chi connectivity index (χ0n) is 12.7. The van der Waals surface area contributed by atoms with Crippen molar-refractivity contribution in [1.29, 1.82) is 0 Å². The van der Waals surface area contributed by atoms with Gasteiger partial charge in [0.25, 0.3) is 0 Å². The zero-order chi connectivity index (χ0) is 15.6. The summed E-state index contributed by atoms with van der Waals surface area (Å²) in [5, 5.41) is 17.3. The predicted octanol–water partition coefficient (Wildman–Crippen LogP) is 1.89. The first kappa shape index (κ1) is 15.2. The van der Waals surface area contributed by atoms with Crippen molar-refractivity contribution in [3.05, 3.63) is 18.0 Å². The van der Waals surface area contributed by atoms with Crippen LogP contribution in [0.2, 0.25) is 0 Å². The van der Waals surface area contributed by atoms with Gasteiger partial charge < -0.3 is 15.2 Å². The molecule has 0 unspecified atom stereocenters. The van der Waals surface area contributed by atoms with Gasteiger partial charge in [-0.15, -0.1) is 0 Å². The number of aromatic carboxylic acids is 1. The monoisotopic (exact) mass is 292 g/mol. The highest BCUT2D eigenvalue weighted by atomic mass is 16.5. The molecule has 21 heavy (non-hydrogen) atoms. The topological polar surface area (TPSA) is 89.3 Å². The van der Waals surface area contributed by atoms with E-state index in [4.69, 9.17) is 4.74 Å². The summed E-state index contributed by atoms with van der Waals surface area (Å²) in [6.07, 6.45) is 2.97. The van der Waals surface area contributed by atoms with E-state index in [1.807, 2.05) is 20.8 Å². The number of pyridine rings is 1. The van der Waals surface area contributed by atoms with E-state index in [9.17, 15) is 9.90 Å². The molecular formula is C14H20N4O3. The second-order valence-corrected chi connectivity index (χ2v) is 5.40. The normalized spacial score (nSPS) is 11.8. The molecule has 2 heterocycles. The summed E-state index contributed by atoms with van der Waals surface area (Å²) in [7, 11) is 1.77. The number of carboxylic acid groups (broad SMARTS) is 1. The fourth-order valence-corrected chi connectivity index (χ4v) is 2.19. The van der Waals surface area contributed by atoms with Crippen molar-refractivity contribution < 1.29 is 14.6 Å². The molecule has 0 saturated heterocycles. The Kier molecular flexibility index (Phi) is 4.13. The van der Waals surface area contributed by atoms with Crippen LogP contribution in [0.4, 0.5) is 5.69 Å². The van der Waals surface area contributed by atoms with E-state index in [1.54, 1.807) is 17.9 Å². The molecule has 0 spiro atoms. The Hall–Kier alpha value is -2.15. The maximum absolute atomic E-state index is 11.4. The SMILES string of the molecule is CCOC(C)(C)CNc1c(C(=O)O)cnc2c1cnn2C. The van der Waals surface area contributed by atoms with Crippen LogP contribution in [0, 0.1) is 0 Å². The van der Waals surface area contributed by atoms with Crippen LogP contribution in [0.3, 0.4) is 0 Å². The third kappa shape index (κ3) is 3.13. The summed E-state index contributed by atoms with van der Waals surface area (Å²) >= 11 is 0. The Morgan fingerprint density at radius 3 is 2.81 bits per heavy atom. The standard InChI is InChI=1S/C14H20N4O3/c1-5-21-14(2,3)8-16-11-9-7-17-18(4)12(9)15-6-10(11)13(19)20/h6-7H,5,8H2,1-4H3,(H,15,16)(H,19,20). The second-order valence-electron chi connectivity index (χ2n) is 5.40. The number of carboxylic acids is 1. The number of hydrogen-bond acceptors (Lipinski definition) is 5. The highest BCUT2D eigenvalue weighted by Gasteiger charge is 2.21. The van der Waals surface area contributed by atoms with Crippen LogP contribution < -0.4 is 5.32 Å². The highest BCUT2D eigenvalue weighted by Crippen LogP contribution is 2.26. The molecule has 2 aromatic heterocycles. The third-order valence-electron chi connectivity index (χ3n) is 3.22. The number of fused-ring (bicyclic) bond motifs is 1. The van der Waals surface area contributed by atoms with Crippen LogP contribution in [0.25, 0.3) is 11.0 Å². The van der Waals surface area contributed by atoms with Gasteiger partial charge in [0, 0.05) is 26.4 Å². The summed E-state index contributed by atoms with van der Waals surface area (Å²) in [6, 6.07) is 0. The maximum atomic E-state index is 11.4. The molecule has 0 radical (unpaired) electrons. The van der Waals surface area contributed by atoms with E-state index in [1.165, 1.54) is 6.20 Å². The van der Waals surface area contributed by atoms with Crippen molar-refractivity contribution in [3.63, 3.8) is 0 Å². The number of nitrogens with one attached hydrogen (secondary N) is 1. The van der Waals surface area contributed by atoms with E-state index < -0.39 is 11.6 Å². The zero-order valence-corrected chi connectivity index (χ0v) is 12.7. The lowest BCUT2D eigenvalue weighted by molar-refractivity contribution is 0.000678. The van der Waals surface area contributed by atoms with Gasteiger partial charge in [0.15, 0.2) is 5.65 Å². The predicted molar refractivity (Wildman–Crippen MR) is 79.7 cm³/mol. The third-order valence-corrected chi connectivity index (χ3v) is 3.22. The van der Waals surface area contributed by atoms with Crippen molar-refractivity contribution >= 4 is 22.7 Å². The molecule has 0 saturated carbocycles. The van der Waals surface area contributed by atoms with E-state index >= 15 is 0 Å². The van der Waals surface area contributed by atoms with Crippen LogP contribution >= 0.6 is 0 Å². The number of anilines is 1. The molecule has 0 bridgehead atoms. The maximum Gasteiger partial charge on any atom is 0.339 e. The van der Waals surface area contributed by atoms with Crippen LogP contribution in [0.1, 0.15) is 31.1 Å². The van der Waals surface area contributed by atoms with Crippen molar-refractivity contribution in [2.45, 2.75) is 26.4 Å². The van der Waals surface area contributed by atoms with E-state index in [0.29, 0.717) is 29.9 Å². The lowest BCUT2D eigenvalue weighted by Crippen LogP contribution is -2.33. The largest absolute Gasteiger partial charge is 0.478 e. The Morgan fingerprint density at radius 2 is 2.19 bits per heavy atom. The average molecular weight is 292 g/mol. The summed E-state index contributed by atoms with van der Waals surface area (Å²) in [6.45, 7) is 6.90. The smallest absolute Gasteiger partial charge is 0.339 e. The first-order valence-electron chi connectivity index (χ1n) is 6.77. The molecule has 0 aliphatic carbocycles. The minimum atomic E-state index is -1.02. The fourth-order valence-electron chi connectivity index (χ4n) is 2.19. The Morgan fingerprint density at radius 1 is 1.48 bits per heavy atom. The number of hydrogen-bond donors (Lipinski definition) is 2. The van der Waals surface area contributed by atoms with Crippen LogP contribution in [0.15, 0.2) is 12.4 Å². The lowest BCUT2D eigenvalue weighted by atomic mass is 10.1. The number of ether oxygens (including phenoxy) is 1. The highest BCUT2D eigenvalue weighted by molar-refractivity contribution is 6.03. The Balaban J connectivity index is 2.40. The van der Waals surface area contributed by atoms with Crippen molar-refractivity contribution in [1.82, 2.24) is 14.8 Å². The van der Waals surface area contributed by atoms with Gasteiger partial charge >= 0.3 is 5.97 Å². The summed E-state index contributed by atoms with van der Waals surface area (Å²) in [5.41, 5.74) is 0.885. The van der Waals surface area contributed by atoms with E-state index in [-0.39, 0.29) is 5.56 Å². The van der Waals surface area contributed by atoms with Crippen LogP contribution in [0.5, 0.6) is 0 Å². The molecule has 0 fully saturated rings. The number of carbonyl (C=O) groups is 1. The van der Waals surface area contributed by atoms with Gasteiger partial charge in [-0.3, -0.25) is 4.68 Å². The minimum Gasteiger partial charge on any atom is -0.478 e. The van der Waals surface area contributed by atoms with Gasteiger partial charge in [-0.2, -0.15) is 5.10 Å². The molecular weight excluding hydrogens is 272 g/mol. The van der Waals surface area contributed by atoms with Gasteiger partial charge in [0.05, 0.1) is 22.9 Å². The van der Waals surface area contributed by atoms with E-state index in [2.05, 4.69) is 15.4 Å². The molecule has 0 amide bonds. The number of aromatic nitrogens is 3. The molecule has 7 heteroatoms. The van der Waals surface area contributed by atoms with Crippen molar-refractivity contribution in [2.75, 3.05) is 18.5 Å². The van der Waals surface area contributed by atoms with Crippen molar-refractivity contribution in [2.24, 2.45) is 7.05 Å². The summed E-state index contributed by atoms with van der Waals surface area (Å²) < 4.78 is 7.23. The molecule has 0 atom stereocenters. The van der Waals surface area contributed by atoms with Gasteiger partial charge in [-0.05, 0) is 20.8 Å². The average Bonchev–Trinajstić information content (AvgIpc) is 2.78. The van der Waals surface area contributed by atoms with Crippen molar-refractivity contribution in [3.8, 4) is 0 Å². The molecule has 0 aliphatic heterocycles. The molecule has 0 aromatic carbocycles. The molecule has 2 rings (SSSR count). The summed E-state index contributed by atoms with van der Waals surface area (Å²) in [5.74, 6) is -1.02. The first-order valence-corrected chi connectivity index (χ1v) is 6.77. The second kappa shape index (κ2) is 5.69. The van der Waals surface area contributed by atoms with Crippen LogP contribution in [-0.4, -0.2) is 44.6 Å². The molecule has 114 valence electrons. The minimum absolute atomic E-state index is 0.128. The van der Waals surface area contributed by atoms with Gasteiger partial charge in [-0.1, -0.05) is 0 Å². The molecule has 2 N–H and O–H groups in total. The van der Waals surface area contributed by atoms with Gasteiger partial charge in [-0.25, -0.2) is 9.78 Å². The van der Waals surface area contributed by atoms with Gasteiger partial charge in [0.2, 0.25) is 0 Å². The Bertz CT molecular complexity index is 664. The number of rotatable bonds is 6. The first-order chi connectivity index (χ1) is 9.85. The van der Waals surface area contributed by atoms with Crippen LogP contribution in [-0.2, 0) is 11.8 Å². The Labute approximate surface area is 122 Å². The quantitative estimate of drug-likeness (QED) is 0.845. The molecule has 0 aliphatic rings. The van der Waals surface area contributed by atoms with Gasteiger partial charge in [0.1, 0.15) is 5.56 Å². The number of aryl methyl sites for hydroxylation is 1. The molecule has 2 aromatic rings. The number of nitrogens with zero attached hydrogens (tertiary/aromatic N) is 3.